The van der Waals surface area contributed by atoms with Crippen LogP contribution in [0.2, 0.25) is 0 Å². The summed E-state index contributed by atoms with van der Waals surface area (Å²) in [4.78, 5) is 14.4. The fraction of sp³-hybridized carbons (Fsp3) is 0.286. The van der Waals surface area contributed by atoms with Gasteiger partial charge in [0.15, 0.2) is 11.5 Å². The smallest absolute Gasteiger partial charge is 0.267 e. The Kier molecular flexibility index (Phi) is 5.55. The van der Waals surface area contributed by atoms with Crippen LogP contribution in [0.1, 0.15) is 5.56 Å². The van der Waals surface area contributed by atoms with E-state index in [1.165, 1.54) is 9.71 Å². The molecule has 152 valence electrons. The first kappa shape index (κ1) is 19.5. The van der Waals surface area contributed by atoms with Crippen LogP contribution in [0.15, 0.2) is 60.0 Å². The highest BCUT2D eigenvalue weighted by molar-refractivity contribution is 7.92. The number of carbonyl (C=O) groups excluding carboxylic acids is 1. The number of fused-ring (bicyclic) bond motifs is 1. The lowest BCUT2D eigenvalue weighted by atomic mass is 10.2. The maximum absolute atomic E-state index is 12.8. The van der Waals surface area contributed by atoms with Gasteiger partial charge in [0.05, 0.1) is 0 Å². The van der Waals surface area contributed by atoms with Gasteiger partial charge in [-0.05, 0) is 23.8 Å². The molecule has 2 aromatic rings. The maximum Gasteiger partial charge on any atom is 0.267 e. The molecule has 0 spiro atoms. The molecule has 2 heterocycles. The largest absolute Gasteiger partial charge is 0.485 e. The molecule has 8 heteroatoms. The molecular weight excluding hydrogens is 392 g/mol. The van der Waals surface area contributed by atoms with Crippen molar-refractivity contribution in [1.82, 2.24) is 9.21 Å². The SMILES string of the molecule is O=C(C1COc2ccccc2O1)N1CCN(S(=O)(=O)/C=C/c2ccccc2)CC1. The molecule has 7 nitrogen and oxygen atoms in total. The molecule has 0 aliphatic carbocycles. The average molecular weight is 414 g/mol. The van der Waals surface area contributed by atoms with Crippen molar-refractivity contribution in [2.45, 2.75) is 6.10 Å². The minimum Gasteiger partial charge on any atom is -0.485 e. The molecule has 2 aliphatic rings. The Labute approximate surface area is 170 Å². The van der Waals surface area contributed by atoms with Crippen molar-refractivity contribution in [3.8, 4) is 11.5 Å². The Bertz CT molecular complexity index is 999. The van der Waals surface area contributed by atoms with Crippen LogP contribution in [0.5, 0.6) is 11.5 Å². The number of ether oxygens (including phenoxy) is 2. The third-order valence-corrected chi connectivity index (χ3v) is 6.49. The maximum atomic E-state index is 12.8. The number of carbonyl (C=O) groups is 1. The van der Waals surface area contributed by atoms with Crippen molar-refractivity contribution < 1.29 is 22.7 Å². The van der Waals surface area contributed by atoms with E-state index in [0.29, 0.717) is 24.6 Å². The normalized spacial score (nSPS) is 20.0. The molecular formula is C21H22N2O5S. The van der Waals surface area contributed by atoms with Crippen LogP contribution in [0.3, 0.4) is 0 Å². The van der Waals surface area contributed by atoms with Gasteiger partial charge in [0.1, 0.15) is 6.61 Å². The number of para-hydroxylation sites is 2. The summed E-state index contributed by atoms with van der Waals surface area (Å²) in [6.07, 6.45) is 0.864. The fourth-order valence-corrected chi connectivity index (χ4v) is 4.50. The number of sulfonamides is 1. The number of benzene rings is 2. The van der Waals surface area contributed by atoms with Crippen molar-refractivity contribution in [1.29, 1.82) is 0 Å². The van der Waals surface area contributed by atoms with Gasteiger partial charge < -0.3 is 14.4 Å². The van der Waals surface area contributed by atoms with Gasteiger partial charge in [0.25, 0.3) is 5.91 Å². The lowest BCUT2D eigenvalue weighted by molar-refractivity contribution is -0.142. The Morgan fingerprint density at radius 1 is 0.931 bits per heavy atom. The highest BCUT2D eigenvalue weighted by atomic mass is 32.2. The van der Waals surface area contributed by atoms with Gasteiger partial charge in [-0.25, -0.2) is 8.42 Å². The summed E-state index contributed by atoms with van der Waals surface area (Å²) in [5, 5.41) is 1.22. The molecule has 29 heavy (non-hydrogen) atoms. The van der Waals surface area contributed by atoms with Crippen molar-refractivity contribution in [2.75, 3.05) is 32.8 Å². The third kappa shape index (κ3) is 4.44. The predicted molar refractivity (Wildman–Crippen MR) is 109 cm³/mol. The first-order chi connectivity index (χ1) is 14.0. The summed E-state index contributed by atoms with van der Waals surface area (Å²) in [6, 6.07) is 16.5. The molecule has 1 atom stereocenters. The number of piperazine rings is 1. The molecule has 0 aromatic heterocycles. The molecule has 0 saturated carbocycles. The topological polar surface area (TPSA) is 76.2 Å². The van der Waals surface area contributed by atoms with E-state index >= 15 is 0 Å². The van der Waals surface area contributed by atoms with E-state index in [1.807, 2.05) is 42.5 Å². The van der Waals surface area contributed by atoms with Gasteiger partial charge in [0, 0.05) is 31.6 Å². The van der Waals surface area contributed by atoms with Gasteiger partial charge >= 0.3 is 0 Å². The van der Waals surface area contributed by atoms with E-state index in [1.54, 1.807) is 23.1 Å². The summed E-state index contributed by atoms with van der Waals surface area (Å²) in [7, 11) is -3.54. The quantitative estimate of drug-likeness (QED) is 0.765. The van der Waals surface area contributed by atoms with Gasteiger partial charge in [-0.15, -0.1) is 0 Å². The molecule has 2 aromatic carbocycles. The summed E-state index contributed by atoms with van der Waals surface area (Å²) in [6.45, 7) is 1.28. The highest BCUT2D eigenvalue weighted by Gasteiger charge is 2.34. The van der Waals surface area contributed by atoms with Crippen molar-refractivity contribution in [3.05, 3.63) is 65.6 Å². The summed E-state index contributed by atoms with van der Waals surface area (Å²) in [5.41, 5.74) is 0.819. The lowest BCUT2D eigenvalue weighted by Crippen LogP contribution is -2.54. The third-order valence-electron chi connectivity index (χ3n) is 4.93. The fourth-order valence-electron chi connectivity index (χ4n) is 3.32. The molecule has 1 saturated heterocycles. The van der Waals surface area contributed by atoms with E-state index in [9.17, 15) is 13.2 Å². The first-order valence-corrected chi connectivity index (χ1v) is 10.9. The summed E-state index contributed by atoms with van der Waals surface area (Å²) in [5.74, 6) is 0.985. The summed E-state index contributed by atoms with van der Waals surface area (Å²) >= 11 is 0. The summed E-state index contributed by atoms with van der Waals surface area (Å²) < 4.78 is 37.9. The van der Waals surface area contributed by atoms with E-state index in [0.717, 1.165) is 5.56 Å². The Morgan fingerprint density at radius 3 is 2.31 bits per heavy atom. The average Bonchev–Trinajstić information content (AvgIpc) is 2.78. The van der Waals surface area contributed by atoms with E-state index in [4.69, 9.17) is 9.47 Å². The number of hydrogen-bond donors (Lipinski definition) is 0. The second-order valence-corrected chi connectivity index (χ2v) is 8.67. The van der Waals surface area contributed by atoms with Crippen LogP contribution in [0.4, 0.5) is 0 Å². The minimum atomic E-state index is -3.54. The number of rotatable bonds is 4. The number of hydrogen-bond acceptors (Lipinski definition) is 5. The second kappa shape index (κ2) is 8.26. The number of nitrogens with zero attached hydrogens (tertiary/aromatic N) is 2. The predicted octanol–water partition coefficient (Wildman–Crippen LogP) is 1.97. The molecule has 1 fully saturated rings. The standard InChI is InChI=1S/C21H22N2O5S/c24-21(20-16-27-18-8-4-5-9-19(18)28-20)22-11-13-23(14-12-22)29(25,26)15-10-17-6-2-1-3-7-17/h1-10,15,20H,11-14,16H2/b15-10+. The van der Waals surface area contributed by atoms with Gasteiger partial charge in [-0.1, -0.05) is 42.5 Å². The van der Waals surface area contributed by atoms with Gasteiger partial charge in [-0.2, -0.15) is 4.31 Å². The van der Waals surface area contributed by atoms with Crippen LogP contribution in [-0.4, -0.2) is 62.4 Å². The zero-order chi connectivity index (χ0) is 20.3. The van der Waals surface area contributed by atoms with Crippen LogP contribution < -0.4 is 9.47 Å². The Balaban J connectivity index is 1.34. The monoisotopic (exact) mass is 414 g/mol. The van der Waals surface area contributed by atoms with Crippen LogP contribution in [0.25, 0.3) is 6.08 Å². The molecule has 1 amide bonds. The van der Waals surface area contributed by atoms with Crippen LogP contribution in [0, 0.1) is 0 Å². The molecule has 0 bridgehead atoms. The van der Waals surface area contributed by atoms with Crippen LogP contribution >= 0.6 is 0 Å². The zero-order valence-corrected chi connectivity index (χ0v) is 16.6. The number of amides is 1. The Morgan fingerprint density at radius 2 is 1.59 bits per heavy atom. The minimum absolute atomic E-state index is 0.147. The van der Waals surface area contributed by atoms with Crippen LogP contribution in [-0.2, 0) is 14.8 Å². The van der Waals surface area contributed by atoms with Gasteiger partial charge in [-0.3, -0.25) is 4.79 Å². The van der Waals surface area contributed by atoms with Gasteiger partial charge in [0.2, 0.25) is 16.1 Å². The molecule has 0 radical (unpaired) electrons. The molecule has 0 N–H and O–H groups in total. The Hall–Kier alpha value is -2.84. The van der Waals surface area contributed by atoms with Crippen molar-refractivity contribution in [2.24, 2.45) is 0 Å². The zero-order valence-electron chi connectivity index (χ0n) is 15.8. The molecule has 2 aliphatic heterocycles. The highest BCUT2D eigenvalue weighted by Crippen LogP contribution is 2.31. The van der Waals surface area contributed by atoms with E-state index in [-0.39, 0.29) is 25.6 Å². The molecule has 4 rings (SSSR count). The second-order valence-electron chi connectivity index (χ2n) is 6.85. The van der Waals surface area contributed by atoms with E-state index in [2.05, 4.69) is 0 Å². The van der Waals surface area contributed by atoms with E-state index < -0.39 is 16.1 Å². The van der Waals surface area contributed by atoms with Crippen molar-refractivity contribution in [3.63, 3.8) is 0 Å². The molecule has 1 unspecified atom stereocenters. The van der Waals surface area contributed by atoms with Crippen molar-refractivity contribution >= 4 is 22.0 Å². The lowest BCUT2D eigenvalue weighted by Gasteiger charge is -2.36. The first-order valence-electron chi connectivity index (χ1n) is 9.43.